The Bertz CT molecular complexity index is 527. The number of carbonyl (C=O) groups is 1. The minimum Gasteiger partial charge on any atom is -0.368 e. The second-order valence-electron chi connectivity index (χ2n) is 6.55. The number of primary amides is 1. The lowest BCUT2D eigenvalue weighted by Crippen LogP contribution is -2.57. The molecule has 0 radical (unpaired) electrons. The third kappa shape index (κ3) is 2.67. The van der Waals surface area contributed by atoms with Gasteiger partial charge in [0.15, 0.2) is 0 Å². The van der Waals surface area contributed by atoms with Gasteiger partial charge in [0.25, 0.3) is 0 Å². The Morgan fingerprint density at radius 2 is 2.33 bits per heavy atom. The molecule has 2 atom stereocenters. The van der Waals surface area contributed by atoms with Crippen molar-refractivity contribution in [1.29, 1.82) is 0 Å². The van der Waals surface area contributed by atoms with Crippen molar-refractivity contribution in [2.75, 3.05) is 6.54 Å². The monoisotopic (exact) mass is 292 g/mol. The Kier molecular flexibility index (Phi) is 3.71. The number of hydrogen-bond acceptors (Lipinski definition) is 5. The number of nitrogens with zero attached hydrogens (tertiary/aromatic N) is 4. The van der Waals surface area contributed by atoms with Gasteiger partial charge in [-0.2, -0.15) is 0 Å². The van der Waals surface area contributed by atoms with Crippen LogP contribution in [0.25, 0.3) is 0 Å². The average Bonchev–Trinajstić information content (AvgIpc) is 3.04. The fourth-order valence-electron chi connectivity index (χ4n) is 3.71. The van der Waals surface area contributed by atoms with E-state index < -0.39 is 5.54 Å². The van der Waals surface area contributed by atoms with E-state index in [-0.39, 0.29) is 11.9 Å². The van der Waals surface area contributed by atoms with Crippen molar-refractivity contribution < 1.29 is 4.79 Å². The van der Waals surface area contributed by atoms with Crippen molar-refractivity contribution in [3.05, 3.63) is 12.2 Å². The van der Waals surface area contributed by atoms with Crippen molar-refractivity contribution >= 4 is 5.91 Å². The standard InChI is InChI=1S/C14H24N6O/c1-10(2)17-14(13(15)21)4-3-11(7-14)19-5-6-20-9-16-18-12(20)8-19/h9-11,17H,3-8H2,1-2H3,(H2,15,21). The van der Waals surface area contributed by atoms with Gasteiger partial charge in [-0.15, -0.1) is 10.2 Å². The van der Waals surface area contributed by atoms with Crippen LogP contribution in [-0.2, 0) is 17.9 Å². The minimum absolute atomic E-state index is 0.223. The molecule has 7 nitrogen and oxygen atoms in total. The number of nitrogens with one attached hydrogen (secondary N) is 1. The third-order valence-electron chi connectivity index (χ3n) is 4.71. The molecule has 0 aromatic carbocycles. The van der Waals surface area contributed by atoms with E-state index in [1.165, 1.54) is 0 Å². The van der Waals surface area contributed by atoms with Crippen molar-refractivity contribution in [2.24, 2.45) is 5.73 Å². The molecule has 1 amide bonds. The highest BCUT2D eigenvalue weighted by Crippen LogP contribution is 2.34. The highest BCUT2D eigenvalue weighted by atomic mass is 16.1. The molecule has 1 aromatic heterocycles. The summed E-state index contributed by atoms with van der Waals surface area (Å²) >= 11 is 0. The fourth-order valence-corrected chi connectivity index (χ4v) is 3.71. The van der Waals surface area contributed by atoms with Crippen LogP contribution in [0, 0.1) is 0 Å². The number of nitrogens with two attached hydrogens (primary N) is 1. The van der Waals surface area contributed by atoms with Crippen LogP contribution < -0.4 is 11.1 Å². The van der Waals surface area contributed by atoms with E-state index in [1.807, 2.05) is 0 Å². The molecule has 2 heterocycles. The maximum Gasteiger partial charge on any atom is 0.237 e. The van der Waals surface area contributed by atoms with Gasteiger partial charge in [-0.1, -0.05) is 0 Å². The average molecular weight is 292 g/mol. The normalized spacial score (nSPS) is 29.8. The van der Waals surface area contributed by atoms with Gasteiger partial charge in [0.1, 0.15) is 12.2 Å². The maximum absolute atomic E-state index is 12.0. The molecule has 0 saturated heterocycles. The highest BCUT2D eigenvalue weighted by molar-refractivity contribution is 5.85. The summed E-state index contributed by atoms with van der Waals surface area (Å²) in [6.45, 7) is 6.82. The first-order valence-electron chi connectivity index (χ1n) is 7.68. The minimum atomic E-state index is -0.552. The van der Waals surface area contributed by atoms with E-state index >= 15 is 0 Å². The van der Waals surface area contributed by atoms with Gasteiger partial charge in [0.05, 0.1) is 12.1 Å². The summed E-state index contributed by atoms with van der Waals surface area (Å²) in [5, 5.41) is 11.5. The first-order chi connectivity index (χ1) is 10.00. The molecule has 116 valence electrons. The maximum atomic E-state index is 12.0. The van der Waals surface area contributed by atoms with E-state index in [0.717, 1.165) is 44.7 Å². The van der Waals surface area contributed by atoms with Crippen LogP contribution in [0.2, 0.25) is 0 Å². The molecule has 3 N–H and O–H groups in total. The zero-order chi connectivity index (χ0) is 15.0. The molecule has 0 bridgehead atoms. The Hall–Kier alpha value is -1.47. The summed E-state index contributed by atoms with van der Waals surface area (Å²) in [5.74, 6) is 0.786. The van der Waals surface area contributed by atoms with Gasteiger partial charge in [0, 0.05) is 25.2 Å². The number of rotatable bonds is 4. The molecule has 1 saturated carbocycles. The van der Waals surface area contributed by atoms with E-state index in [1.54, 1.807) is 6.33 Å². The number of fused-ring (bicyclic) bond motifs is 1. The zero-order valence-corrected chi connectivity index (χ0v) is 12.7. The van der Waals surface area contributed by atoms with E-state index in [2.05, 4.69) is 38.8 Å². The van der Waals surface area contributed by atoms with Crippen LogP contribution in [0.3, 0.4) is 0 Å². The second kappa shape index (κ2) is 5.38. The highest BCUT2D eigenvalue weighted by Gasteiger charge is 2.46. The topological polar surface area (TPSA) is 89.1 Å². The molecule has 1 aliphatic carbocycles. The quantitative estimate of drug-likeness (QED) is 0.807. The van der Waals surface area contributed by atoms with Crippen LogP contribution in [0.15, 0.2) is 6.33 Å². The third-order valence-corrected chi connectivity index (χ3v) is 4.71. The largest absolute Gasteiger partial charge is 0.368 e. The molecule has 7 heteroatoms. The molecule has 2 aliphatic rings. The van der Waals surface area contributed by atoms with Gasteiger partial charge in [0.2, 0.25) is 5.91 Å². The summed E-state index contributed by atoms with van der Waals surface area (Å²) in [6, 6.07) is 0.634. The predicted molar refractivity (Wildman–Crippen MR) is 78.3 cm³/mol. The van der Waals surface area contributed by atoms with Crippen molar-refractivity contribution in [3.8, 4) is 0 Å². The lowest BCUT2D eigenvalue weighted by Gasteiger charge is -2.34. The van der Waals surface area contributed by atoms with Crippen LogP contribution >= 0.6 is 0 Å². The van der Waals surface area contributed by atoms with E-state index in [9.17, 15) is 4.79 Å². The van der Waals surface area contributed by atoms with Crippen LogP contribution in [-0.4, -0.2) is 49.7 Å². The molecular formula is C14H24N6O. The van der Waals surface area contributed by atoms with Crippen molar-refractivity contribution in [3.63, 3.8) is 0 Å². The van der Waals surface area contributed by atoms with Gasteiger partial charge >= 0.3 is 0 Å². The first-order valence-corrected chi connectivity index (χ1v) is 7.68. The SMILES string of the molecule is CC(C)NC1(C(N)=O)CCC(N2CCn3cnnc3C2)C1. The fraction of sp³-hybridized carbons (Fsp3) is 0.786. The molecule has 0 spiro atoms. The molecule has 21 heavy (non-hydrogen) atoms. The number of carbonyl (C=O) groups excluding carboxylic acids is 1. The number of aromatic nitrogens is 3. The van der Waals surface area contributed by atoms with Crippen molar-refractivity contribution in [1.82, 2.24) is 25.0 Å². The Morgan fingerprint density at radius 1 is 1.52 bits per heavy atom. The Balaban J connectivity index is 1.70. The lowest BCUT2D eigenvalue weighted by atomic mass is 9.95. The number of amides is 1. The van der Waals surface area contributed by atoms with Gasteiger partial charge in [-0.05, 0) is 33.1 Å². The van der Waals surface area contributed by atoms with E-state index in [4.69, 9.17) is 5.73 Å². The summed E-state index contributed by atoms with van der Waals surface area (Å²) in [5.41, 5.74) is 5.13. The molecular weight excluding hydrogens is 268 g/mol. The van der Waals surface area contributed by atoms with Gasteiger partial charge in [-0.25, -0.2) is 0 Å². The summed E-state index contributed by atoms with van der Waals surface area (Å²) in [7, 11) is 0. The second-order valence-corrected chi connectivity index (χ2v) is 6.55. The molecule has 1 aromatic rings. The Labute approximate surface area is 124 Å². The summed E-state index contributed by atoms with van der Waals surface area (Å²) in [6.07, 6.45) is 4.38. The predicted octanol–water partition coefficient (Wildman–Crippen LogP) is -0.132. The lowest BCUT2D eigenvalue weighted by molar-refractivity contribution is -0.124. The smallest absolute Gasteiger partial charge is 0.237 e. The zero-order valence-electron chi connectivity index (χ0n) is 12.7. The van der Waals surface area contributed by atoms with Crippen LogP contribution in [0.4, 0.5) is 0 Å². The van der Waals surface area contributed by atoms with Gasteiger partial charge < -0.3 is 15.6 Å². The van der Waals surface area contributed by atoms with Crippen LogP contribution in [0.1, 0.15) is 38.9 Å². The van der Waals surface area contributed by atoms with Crippen LogP contribution in [0.5, 0.6) is 0 Å². The molecule has 3 rings (SSSR count). The molecule has 2 unspecified atom stereocenters. The first kappa shape index (κ1) is 14.5. The Morgan fingerprint density at radius 3 is 3.05 bits per heavy atom. The number of hydrogen-bond donors (Lipinski definition) is 2. The molecule has 1 fully saturated rings. The summed E-state index contributed by atoms with van der Waals surface area (Å²) < 4.78 is 2.10. The molecule has 1 aliphatic heterocycles. The van der Waals surface area contributed by atoms with Crippen molar-refractivity contribution in [2.45, 2.75) is 63.8 Å². The summed E-state index contributed by atoms with van der Waals surface area (Å²) in [4.78, 5) is 14.4. The van der Waals surface area contributed by atoms with E-state index in [0.29, 0.717) is 6.04 Å². The van der Waals surface area contributed by atoms with Gasteiger partial charge in [-0.3, -0.25) is 9.69 Å².